The maximum Gasteiger partial charge on any atom is 0.242 e. The molecule has 0 aliphatic carbocycles. The summed E-state index contributed by atoms with van der Waals surface area (Å²) in [5, 5.41) is 3.23. The van der Waals surface area contributed by atoms with Crippen LogP contribution in [-0.4, -0.2) is 33.5 Å². The van der Waals surface area contributed by atoms with E-state index in [9.17, 15) is 8.42 Å². The molecular weight excluding hydrogens is 282 g/mol. The van der Waals surface area contributed by atoms with E-state index in [4.69, 9.17) is 5.73 Å². The van der Waals surface area contributed by atoms with Gasteiger partial charge in [-0.05, 0) is 49.1 Å². The lowest BCUT2D eigenvalue weighted by atomic mass is 10.1. The van der Waals surface area contributed by atoms with Gasteiger partial charge in [0.15, 0.2) is 0 Å². The highest BCUT2D eigenvalue weighted by Crippen LogP contribution is 2.27. The second-order valence-electron chi connectivity index (χ2n) is 4.57. The third kappa shape index (κ3) is 3.55. The second kappa shape index (κ2) is 6.02. The van der Waals surface area contributed by atoms with Crippen molar-refractivity contribution >= 4 is 33.2 Å². The SMILES string of the molecule is CNS(=O)(=O)c1cc(N)ccc1NCC1CCSC1. The molecule has 0 bridgehead atoms. The van der Waals surface area contributed by atoms with Crippen LogP contribution in [0.1, 0.15) is 6.42 Å². The van der Waals surface area contributed by atoms with Gasteiger partial charge in [0.1, 0.15) is 4.90 Å². The van der Waals surface area contributed by atoms with Gasteiger partial charge in [0.25, 0.3) is 0 Å². The Kier molecular flexibility index (Phi) is 4.59. The number of nitrogen functional groups attached to an aromatic ring is 1. The number of benzene rings is 1. The molecule has 1 fully saturated rings. The predicted octanol–water partition coefficient (Wildman–Crippen LogP) is 1.34. The van der Waals surface area contributed by atoms with Crippen LogP contribution < -0.4 is 15.8 Å². The topological polar surface area (TPSA) is 84.2 Å². The molecule has 1 heterocycles. The van der Waals surface area contributed by atoms with Crippen LogP contribution in [0.4, 0.5) is 11.4 Å². The van der Waals surface area contributed by atoms with Gasteiger partial charge in [-0.3, -0.25) is 0 Å². The highest BCUT2D eigenvalue weighted by Gasteiger charge is 2.19. The normalized spacial score (nSPS) is 19.5. The Balaban J connectivity index is 2.19. The Morgan fingerprint density at radius 3 is 2.89 bits per heavy atom. The molecule has 1 aliphatic rings. The molecule has 1 unspecified atom stereocenters. The van der Waals surface area contributed by atoms with Crippen LogP contribution in [0.25, 0.3) is 0 Å². The van der Waals surface area contributed by atoms with E-state index in [2.05, 4.69) is 10.0 Å². The molecule has 0 spiro atoms. The Morgan fingerprint density at radius 1 is 1.47 bits per heavy atom. The summed E-state index contributed by atoms with van der Waals surface area (Å²) in [7, 11) is -2.10. The number of rotatable bonds is 5. The van der Waals surface area contributed by atoms with Crippen LogP contribution in [-0.2, 0) is 10.0 Å². The molecule has 2 rings (SSSR count). The smallest absolute Gasteiger partial charge is 0.242 e. The molecule has 0 aromatic heterocycles. The minimum Gasteiger partial charge on any atom is -0.399 e. The van der Waals surface area contributed by atoms with Crippen LogP contribution >= 0.6 is 11.8 Å². The van der Waals surface area contributed by atoms with Crippen molar-refractivity contribution in [2.75, 3.05) is 36.1 Å². The molecule has 1 aliphatic heterocycles. The lowest BCUT2D eigenvalue weighted by molar-refractivity contribution is 0.588. The first-order valence-electron chi connectivity index (χ1n) is 6.17. The van der Waals surface area contributed by atoms with Gasteiger partial charge in [-0.2, -0.15) is 11.8 Å². The number of hydrogen-bond donors (Lipinski definition) is 3. The molecular formula is C12H19N3O2S2. The average Bonchev–Trinajstić information content (AvgIpc) is 2.90. The fourth-order valence-corrected chi connectivity index (χ4v) is 4.24. The fraction of sp³-hybridized carbons (Fsp3) is 0.500. The first-order chi connectivity index (χ1) is 9.03. The first kappa shape index (κ1) is 14.5. The third-order valence-electron chi connectivity index (χ3n) is 3.17. The number of sulfonamides is 1. The highest BCUT2D eigenvalue weighted by atomic mass is 32.2. The van der Waals surface area contributed by atoms with Crippen molar-refractivity contribution in [2.24, 2.45) is 5.92 Å². The summed E-state index contributed by atoms with van der Waals surface area (Å²) in [6, 6.07) is 4.92. The summed E-state index contributed by atoms with van der Waals surface area (Å²) in [6.07, 6.45) is 1.18. The zero-order chi connectivity index (χ0) is 13.9. The van der Waals surface area contributed by atoms with Crippen LogP contribution in [0, 0.1) is 5.92 Å². The number of hydrogen-bond acceptors (Lipinski definition) is 5. The number of nitrogens with one attached hydrogen (secondary N) is 2. The van der Waals surface area contributed by atoms with Gasteiger partial charge in [-0.15, -0.1) is 0 Å². The summed E-state index contributed by atoms with van der Waals surface area (Å²) >= 11 is 1.94. The third-order valence-corrected chi connectivity index (χ3v) is 5.85. The maximum absolute atomic E-state index is 12.0. The summed E-state index contributed by atoms with van der Waals surface area (Å²) in [5.41, 5.74) is 6.73. The minimum absolute atomic E-state index is 0.209. The first-order valence-corrected chi connectivity index (χ1v) is 8.81. The standard InChI is InChI=1S/C12H19N3O2S2/c1-14-19(16,17)12-6-10(13)2-3-11(12)15-7-9-4-5-18-8-9/h2-3,6,9,14-15H,4-5,7-8,13H2,1H3. The average molecular weight is 301 g/mol. The van der Waals surface area contributed by atoms with Crippen LogP contribution in [0.3, 0.4) is 0 Å². The van der Waals surface area contributed by atoms with Crippen LogP contribution in [0.15, 0.2) is 23.1 Å². The Morgan fingerprint density at radius 2 is 2.26 bits per heavy atom. The molecule has 5 nitrogen and oxygen atoms in total. The van der Waals surface area contributed by atoms with E-state index in [0.29, 0.717) is 17.3 Å². The summed E-state index contributed by atoms with van der Waals surface area (Å²) < 4.78 is 26.2. The molecule has 1 aromatic rings. The van der Waals surface area contributed by atoms with Crippen LogP contribution in [0.2, 0.25) is 0 Å². The van der Waals surface area contributed by atoms with Crippen molar-refractivity contribution in [3.05, 3.63) is 18.2 Å². The molecule has 1 saturated heterocycles. The van der Waals surface area contributed by atoms with Crippen molar-refractivity contribution in [3.8, 4) is 0 Å². The van der Waals surface area contributed by atoms with Gasteiger partial charge in [0.05, 0.1) is 5.69 Å². The number of thioether (sulfide) groups is 1. The van der Waals surface area contributed by atoms with Crippen LogP contribution in [0.5, 0.6) is 0 Å². The van der Waals surface area contributed by atoms with E-state index in [1.54, 1.807) is 12.1 Å². The van der Waals surface area contributed by atoms with Gasteiger partial charge in [0, 0.05) is 12.2 Å². The molecule has 0 saturated carbocycles. The lowest BCUT2D eigenvalue weighted by Gasteiger charge is -2.15. The van der Waals surface area contributed by atoms with E-state index in [1.165, 1.54) is 25.3 Å². The zero-order valence-corrected chi connectivity index (χ0v) is 12.5. The molecule has 4 N–H and O–H groups in total. The van der Waals surface area contributed by atoms with Gasteiger partial charge < -0.3 is 11.1 Å². The maximum atomic E-state index is 12.0. The summed E-state index contributed by atoms with van der Waals surface area (Å²) in [6.45, 7) is 0.795. The van der Waals surface area contributed by atoms with E-state index in [-0.39, 0.29) is 4.90 Å². The Bertz CT molecular complexity index is 540. The van der Waals surface area contributed by atoms with Gasteiger partial charge in [-0.1, -0.05) is 0 Å². The fourth-order valence-electron chi connectivity index (χ4n) is 2.02. The summed E-state index contributed by atoms with van der Waals surface area (Å²) in [4.78, 5) is 0.209. The van der Waals surface area contributed by atoms with E-state index in [0.717, 1.165) is 12.3 Å². The van der Waals surface area contributed by atoms with Gasteiger partial charge in [-0.25, -0.2) is 13.1 Å². The second-order valence-corrected chi connectivity index (χ2v) is 7.58. The molecule has 0 radical (unpaired) electrons. The van der Waals surface area contributed by atoms with Gasteiger partial charge >= 0.3 is 0 Å². The van der Waals surface area contributed by atoms with Crippen molar-refractivity contribution < 1.29 is 8.42 Å². The summed E-state index contributed by atoms with van der Waals surface area (Å²) in [5.74, 6) is 2.93. The minimum atomic E-state index is -3.49. The molecule has 106 valence electrons. The predicted molar refractivity (Wildman–Crippen MR) is 81.0 cm³/mol. The molecule has 7 heteroatoms. The van der Waals surface area contributed by atoms with Crippen molar-refractivity contribution in [1.82, 2.24) is 4.72 Å². The zero-order valence-electron chi connectivity index (χ0n) is 10.8. The molecule has 1 atom stereocenters. The van der Waals surface area contributed by atoms with E-state index in [1.807, 2.05) is 11.8 Å². The van der Waals surface area contributed by atoms with E-state index >= 15 is 0 Å². The quantitative estimate of drug-likeness (QED) is 0.715. The van der Waals surface area contributed by atoms with E-state index < -0.39 is 10.0 Å². The Labute approximate surface area is 118 Å². The van der Waals surface area contributed by atoms with Gasteiger partial charge in [0.2, 0.25) is 10.0 Å². The molecule has 0 amide bonds. The largest absolute Gasteiger partial charge is 0.399 e. The van der Waals surface area contributed by atoms with Crippen molar-refractivity contribution in [3.63, 3.8) is 0 Å². The molecule has 19 heavy (non-hydrogen) atoms. The van der Waals surface area contributed by atoms with Crippen molar-refractivity contribution in [1.29, 1.82) is 0 Å². The molecule has 1 aromatic carbocycles. The Hall–Kier alpha value is -0.920. The number of nitrogens with two attached hydrogens (primary N) is 1. The highest BCUT2D eigenvalue weighted by molar-refractivity contribution is 7.99. The monoisotopic (exact) mass is 301 g/mol. The number of anilines is 2. The van der Waals surface area contributed by atoms with Crippen molar-refractivity contribution in [2.45, 2.75) is 11.3 Å². The lowest BCUT2D eigenvalue weighted by Crippen LogP contribution is -2.22.